The molecule has 6 aromatic rings. The molecule has 252 valence electrons. The number of amides is 1. The van der Waals surface area contributed by atoms with Gasteiger partial charge in [0.05, 0.1) is 33.8 Å². The predicted molar refractivity (Wildman–Crippen MR) is 198 cm³/mol. The van der Waals surface area contributed by atoms with Gasteiger partial charge in [-0.25, -0.2) is 4.98 Å². The van der Waals surface area contributed by atoms with Gasteiger partial charge in [0.1, 0.15) is 6.61 Å². The van der Waals surface area contributed by atoms with E-state index in [-0.39, 0.29) is 10.7 Å². The van der Waals surface area contributed by atoms with Crippen molar-refractivity contribution in [3.8, 4) is 11.5 Å². The van der Waals surface area contributed by atoms with Gasteiger partial charge in [-0.15, -0.1) is 21.5 Å². The molecule has 3 heterocycles. The van der Waals surface area contributed by atoms with Gasteiger partial charge in [-0.05, 0) is 60.4 Å². The topological polar surface area (TPSA) is 115 Å². The lowest BCUT2D eigenvalue weighted by Crippen LogP contribution is -2.31. The standard InChI is InChI=1S/C38H32N4O5S3/c1-4-46-30-19-26(17-18-29(30)47-20-24-11-6-5-7-12-24)32-31(33(43)35-22(2)39-23(3)49-35)34(44)36(45)42(32)37-40-41-38(50-37)48-21-27-15-10-14-25-13-8-9-16-28(25)27/h5-19,32,44H,4,20-21H2,1-3H3. The summed E-state index contributed by atoms with van der Waals surface area (Å²) < 4.78 is 12.8. The fourth-order valence-electron chi connectivity index (χ4n) is 5.95. The molecule has 1 aliphatic heterocycles. The summed E-state index contributed by atoms with van der Waals surface area (Å²) in [5, 5.41) is 23.5. The maximum Gasteiger partial charge on any atom is 0.296 e. The first-order valence-electron chi connectivity index (χ1n) is 15.9. The molecule has 1 unspecified atom stereocenters. The van der Waals surface area contributed by atoms with Crippen molar-refractivity contribution in [3.05, 3.63) is 135 Å². The number of fused-ring (bicyclic) bond motifs is 1. The zero-order valence-corrected chi connectivity index (χ0v) is 29.9. The Kier molecular flexibility index (Phi) is 9.66. The van der Waals surface area contributed by atoms with Crippen molar-refractivity contribution in [1.82, 2.24) is 15.2 Å². The number of carbonyl (C=O) groups is 2. The lowest BCUT2D eigenvalue weighted by molar-refractivity contribution is -0.117. The predicted octanol–water partition coefficient (Wildman–Crippen LogP) is 8.82. The molecule has 1 atom stereocenters. The molecule has 2 aromatic heterocycles. The van der Waals surface area contributed by atoms with Gasteiger partial charge < -0.3 is 14.6 Å². The number of aliphatic hydroxyl groups is 1. The fourth-order valence-corrected chi connectivity index (χ4v) is 8.69. The lowest BCUT2D eigenvalue weighted by atomic mass is 9.95. The molecule has 12 heteroatoms. The van der Waals surface area contributed by atoms with E-state index in [0.29, 0.717) is 55.9 Å². The molecule has 4 aromatic carbocycles. The van der Waals surface area contributed by atoms with Crippen LogP contribution in [0, 0.1) is 13.8 Å². The number of thioether (sulfide) groups is 1. The van der Waals surface area contributed by atoms with Crippen LogP contribution in [0.15, 0.2) is 107 Å². The highest BCUT2D eigenvalue weighted by molar-refractivity contribution is 8.00. The van der Waals surface area contributed by atoms with Crippen LogP contribution in [0.4, 0.5) is 5.13 Å². The minimum Gasteiger partial charge on any atom is -0.503 e. The molecule has 0 saturated heterocycles. The second-order valence-corrected chi connectivity index (χ2v) is 14.9. The van der Waals surface area contributed by atoms with Gasteiger partial charge in [0.25, 0.3) is 5.91 Å². The number of Topliss-reactive ketones (excluding diaryl/α,β-unsaturated/α-hetero) is 1. The van der Waals surface area contributed by atoms with E-state index >= 15 is 0 Å². The summed E-state index contributed by atoms with van der Waals surface area (Å²) in [7, 11) is 0. The molecule has 1 N–H and O–H groups in total. The van der Waals surface area contributed by atoms with E-state index in [9.17, 15) is 14.7 Å². The van der Waals surface area contributed by atoms with Crippen molar-refractivity contribution in [1.29, 1.82) is 0 Å². The maximum atomic E-state index is 14.2. The van der Waals surface area contributed by atoms with Crippen molar-refractivity contribution in [3.63, 3.8) is 0 Å². The molecular weight excluding hydrogens is 689 g/mol. The van der Waals surface area contributed by atoms with Crippen LogP contribution in [0.25, 0.3) is 10.8 Å². The molecular formula is C38H32N4O5S3. The summed E-state index contributed by atoms with van der Waals surface area (Å²) in [5.74, 6) is -0.237. The van der Waals surface area contributed by atoms with Crippen LogP contribution < -0.4 is 14.4 Å². The Hall–Kier alpha value is -5.04. The van der Waals surface area contributed by atoms with Crippen LogP contribution in [0.3, 0.4) is 0 Å². The molecule has 0 radical (unpaired) electrons. The quantitative estimate of drug-likeness (QED) is 0.0753. The molecule has 0 spiro atoms. The van der Waals surface area contributed by atoms with Gasteiger partial charge in [0.15, 0.2) is 21.6 Å². The molecule has 1 amide bonds. The van der Waals surface area contributed by atoms with Gasteiger partial charge in [0.2, 0.25) is 10.9 Å². The Labute approximate surface area is 301 Å². The number of ether oxygens (including phenoxy) is 2. The molecule has 50 heavy (non-hydrogen) atoms. The number of aromatic nitrogens is 3. The number of aryl methyl sites for hydroxylation is 2. The normalized spacial score (nSPS) is 14.5. The smallest absolute Gasteiger partial charge is 0.296 e. The Bertz CT molecular complexity index is 2240. The van der Waals surface area contributed by atoms with E-state index in [4.69, 9.17) is 9.47 Å². The Morgan fingerprint density at radius 3 is 2.48 bits per heavy atom. The number of nitrogens with zero attached hydrogens (tertiary/aromatic N) is 4. The molecule has 0 fully saturated rings. The number of thiazole rings is 1. The molecule has 0 saturated carbocycles. The van der Waals surface area contributed by atoms with E-state index in [1.165, 1.54) is 39.3 Å². The molecule has 0 bridgehead atoms. The van der Waals surface area contributed by atoms with E-state index in [0.717, 1.165) is 21.9 Å². The third-order valence-electron chi connectivity index (χ3n) is 8.22. The van der Waals surface area contributed by atoms with Crippen LogP contribution in [0.1, 0.15) is 50.0 Å². The Morgan fingerprint density at radius 2 is 1.70 bits per heavy atom. The summed E-state index contributed by atoms with van der Waals surface area (Å²) in [6.45, 7) is 6.11. The number of hydrogen-bond donors (Lipinski definition) is 1. The second-order valence-electron chi connectivity index (χ2n) is 11.5. The molecule has 0 aliphatic carbocycles. The van der Waals surface area contributed by atoms with Gasteiger partial charge in [-0.2, -0.15) is 0 Å². The summed E-state index contributed by atoms with van der Waals surface area (Å²) >= 11 is 3.97. The van der Waals surface area contributed by atoms with E-state index in [1.807, 2.05) is 62.4 Å². The summed E-state index contributed by atoms with van der Waals surface area (Å²) in [6, 6.07) is 28.5. The number of anilines is 1. The average molecular weight is 721 g/mol. The van der Waals surface area contributed by atoms with E-state index in [2.05, 4.69) is 39.4 Å². The lowest BCUT2D eigenvalue weighted by Gasteiger charge is -2.25. The van der Waals surface area contributed by atoms with Crippen molar-refractivity contribution in [2.75, 3.05) is 11.5 Å². The van der Waals surface area contributed by atoms with Gasteiger partial charge >= 0.3 is 0 Å². The number of benzene rings is 4. The molecule has 7 rings (SSSR count). The second kappa shape index (κ2) is 14.4. The van der Waals surface area contributed by atoms with Crippen LogP contribution in [-0.2, 0) is 17.2 Å². The minimum absolute atomic E-state index is 0.0534. The largest absolute Gasteiger partial charge is 0.503 e. The first-order valence-corrected chi connectivity index (χ1v) is 18.6. The zero-order valence-electron chi connectivity index (χ0n) is 27.5. The zero-order chi connectivity index (χ0) is 34.8. The number of aliphatic hydroxyl groups excluding tert-OH is 1. The van der Waals surface area contributed by atoms with Crippen molar-refractivity contribution in [2.24, 2.45) is 0 Å². The van der Waals surface area contributed by atoms with Crippen molar-refractivity contribution >= 4 is 62.0 Å². The highest BCUT2D eigenvalue weighted by Crippen LogP contribution is 2.46. The summed E-state index contributed by atoms with van der Waals surface area (Å²) in [6.07, 6.45) is 0. The highest BCUT2D eigenvalue weighted by Gasteiger charge is 2.47. The number of ketones is 1. The molecule has 1 aliphatic rings. The first-order chi connectivity index (χ1) is 24.3. The summed E-state index contributed by atoms with van der Waals surface area (Å²) in [4.78, 5) is 34.2. The number of rotatable bonds is 12. The third-order valence-corrected chi connectivity index (χ3v) is 11.4. The number of carbonyl (C=O) groups excluding carboxylic acids is 2. The first kappa shape index (κ1) is 33.5. The van der Waals surface area contributed by atoms with E-state index in [1.54, 1.807) is 25.1 Å². The monoisotopic (exact) mass is 720 g/mol. The minimum atomic E-state index is -1.01. The average Bonchev–Trinajstić information content (AvgIpc) is 3.81. The van der Waals surface area contributed by atoms with Gasteiger partial charge in [0, 0.05) is 5.75 Å². The maximum absolute atomic E-state index is 14.2. The molecule has 9 nitrogen and oxygen atoms in total. The van der Waals surface area contributed by atoms with Crippen molar-refractivity contribution < 1.29 is 24.2 Å². The van der Waals surface area contributed by atoms with Gasteiger partial charge in [-0.1, -0.05) is 102 Å². The Morgan fingerprint density at radius 1 is 0.920 bits per heavy atom. The summed E-state index contributed by atoms with van der Waals surface area (Å²) in [5.41, 5.74) is 3.17. The highest BCUT2D eigenvalue weighted by atomic mass is 32.2. The van der Waals surface area contributed by atoms with Crippen LogP contribution >= 0.6 is 34.4 Å². The SMILES string of the molecule is CCOc1cc(C2C(C(=O)c3sc(C)nc3C)=C(O)C(=O)N2c2nnc(SCc3cccc4ccccc34)s2)ccc1OCc1ccccc1. The van der Waals surface area contributed by atoms with Gasteiger partial charge in [-0.3, -0.25) is 14.5 Å². The third kappa shape index (κ3) is 6.61. The Balaban J connectivity index is 1.24. The van der Waals surface area contributed by atoms with Crippen LogP contribution in [0.2, 0.25) is 0 Å². The van der Waals surface area contributed by atoms with Crippen molar-refractivity contribution in [2.45, 2.75) is 43.5 Å². The fraction of sp³-hybridized carbons (Fsp3) is 0.184. The number of hydrogen-bond acceptors (Lipinski definition) is 11. The van der Waals surface area contributed by atoms with Crippen LogP contribution in [-0.4, -0.2) is 38.6 Å². The van der Waals surface area contributed by atoms with Crippen LogP contribution in [0.5, 0.6) is 11.5 Å². The van der Waals surface area contributed by atoms with E-state index < -0.39 is 23.5 Å².